The average Bonchev–Trinajstić information content (AvgIpc) is 3.00. The summed E-state index contributed by atoms with van der Waals surface area (Å²) in [7, 11) is 0. The van der Waals surface area contributed by atoms with Gasteiger partial charge in [0.05, 0.1) is 11.7 Å². The molecule has 8 heteroatoms. The quantitative estimate of drug-likeness (QED) is 0.776. The molecule has 1 N–H and O–H groups in total. The van der Waals surface area contributed by atoms with E-state index in [1.54, 1.807) is 11.0 Å². The number of halogens is 3. The lowest BCUT2D eigenvalue weighted by molar-refractivity contribution is -0.274. The van der Waals surface area contributed by atoms with Gasteiger partial charge in [0, 0.05) is 13.1 Å². The van der Waals surface area contributed by atoms with Crippen LogP contribution in [-0.2, 0) is 13.1 Å². The topological polar surface area (TPSA) is 59.0 Å². The van der Waals surface area contributed by atoms with Crippen molar-refractivity contribution in [1.82, 2.24) is 4.90 Å². The van der Waals surface area contributed by atoms with Gasteiger partial charge in [-0.15, -0.1) is 13.2 Å². The normalized spacial score (nSPS) is 21.5. The lowest BCUT2D eigenvalue weighted by Gasteiger charge is -2.28. The molecule has 0 spiro atoms. The molecule has 160 valence electrons. The van der Waals surface area contributed by atoms with Crippen molar-refractivity contribution < 1.29 is 32.5 Å². The number of hydrogen-bond donors (Lipinski definition) is 1. The number of nitrogens with zero attached hydrogens (tertiary/aromatic N) is 1. The zero-order valence-electron chi connectivity index (χ0n) is 16.2. The standard InChI is InChI=1S/C22H22F3NO4/c23-22(24,25)30-16-10-8-14(9-11-16)12-26-13-15-4-3-7-19(20(15)21(26)28)29-18-6-2-1-5-17(18)27/h3-4,7-11,17-18,27H,1-2,5-6,12-13H2. The Morgan fingerprint density at radius 2 is 1.80 bits per heavy atom. The smallest absolute Gasteiger partial charge is 0.487 e. The number of fused-ring (bicyclic) bond motifs is 1. The molecular weight excluding hydrogens is 399 g/mol. The summed E-state index contributed by atoms with van der Waals surface area (Å²) in [4.78, 5) is 14.6. The summed E-state index contributed by atoms with van der Waals surface area (Å²) >= 11 is 0. The second-order valence-electron chi connectivity index (χ2n) is 7.65. The molecule has 2 aliphatic rings. The van der Waals surface area contributed by atoms with Gasteiger partial charge in [-0.25, -0.2) is 0 Å². The molecule has 1 amide bonds. The highest BCUT2D eigenvalue weighted by atomic mass is 19.4. The molecule has 0 radical (unpaired) electrons. The number of alkyl halides is 3. The first-order chi connectivity index (χ1) is 14.3. The van der Waals surface area contributed by atoms with Crippen LogP contribution in [0.3, 0.4) is 0 Å². The molecule has 0 aromatic heterocycles. The molecule has 4 rings (SSSR count). The monoisotopic (exact) mass is 421 g/mol. The van der Waals surface area contributed by atoms with Gasteiger partial charge in [0.25, 0.3) is 5.91 Å². The molecular formula is C22H22F3NO4. The number of hydrogen-bond acceptors (Lipinski definition) is 4. The maximum atomic E-state index is 13.0. The van der Waals surface area contributed by atoms with Gasteiger partial charge in [-0.2, -0.15) is 0 Å². The fraction of sp³-hybridized carbons (Fsp3) is 0.409. The summed E-state index contributed by atoms with van der Waals surface area (Å²) in [6, 6.07) is 10.9. The van der Waals surface area contributed by atoms with E-state index >= 15 is 0 Å². The van der Waals surface area contributed by atoms with Gasteiger partial charge in [-0.3, -0.25) is 4.79 Å². The SMILES string of the molecule is O=C1c2c(cccc2OC2CCCCC2O)CN1Cc1ccc(OC(F)(F)F)cc1. The van der Waals surface area contributed by atoms with Crippen molar-refractivity contribution in [2.45, 2.75) is 57.3 Å². The first-order valence-corrected chi connectivity index (χ1v) is 9.91. The first kappa shape index (κ1) is 20.5. The Kier molecular flexibility index (Phi) is 5.60. The summed E-state index contributed by atoms with van der Waals surface area (Å²) in [5.41, 5.74) is 2.02. The van der Waals surface area contributed by atoms with Crippen LogP contribution < -0.4 is 9.47 Å². The van der Waals surface area contributed by atoms with E-state index in [-0.39, 0.29) is 24.3 Å². The molecule has 1 fully saturated rings. The number of ether oxygens (including phenoxy) is 2. The molecule has 1 saturated carbocycles. The summed E-state index contributed by atoms with van der Waals surface area (Å²) in [5, 5.41) is 10.2. The fourth-order valence-corrected chi connectivity index (χ4v) is 4.01. The third-order valence-corrected chi connectivity index (χ3v) is 5.45. The predicted molar refractivity (Wildman–Crippen MR) is 102 cm³/mol. The van der Waals surface area contributed by atoms with E-state index in [1.165, 1.54) is 24.3 Å². The van der Waals surface area contributed by atoms with Gasteiger partial charge in [-0.1, -0.05) is 30.7 Å². The molecule has 0 bridgehead atoms. The molecule has 2 aromatic rings. The minimum absolute atomic E-state index is 0.193. The maximum absolute atomic E-state index is 13.0. The third kappa shape index (κ3) is 4.53. The highest BCUT2D eigenvalue weighted by molar-refractivity contribution is 6.01. The van der Waals surface area contributed by atoms with Crippen LogP contribution in [-0.4, -0.2) is 34.5 Å². The number of carbonyl (C=O) groups excluding carboxylic acids is 1. The Balaban J connectivity index is 1.46. The van der Waals surface area contributed by atoms with E-state index in [2.05, 4.69) is 4.74 Å². The second kappa shape index (κ2) is 8.18. The molecule has 2 atom stereocenters. The minimum Gasteiger partial charge on any atom is -0.487 e. The predicted octanol–water partition coefficient (Wildman–Crippen LogP) is 4.42. The van der Waals surface area contributed by atoms with Gasteiger partial charge >= 0.3 is 6.36 Å². The summed E-state index contributed by atoms with van der Waals surface area (Å²) in [6.45, 7) is 0.644. The van der Waals surface area contributed by atoms with Crippen molar-refractivity contribution in [3.8, 4) is 11.5 Å². The Hall–Kier alpha value is -2.74. The first-order valence-electron chi connectivity index (χ1n) is 9.91. The average molecular weight is 421 g/mol. The van der Waals surface area contributed by atoms with Crippen molar-refractivity contribution in [2.24, 2.45) is 0 Å². The molecule has 30 heavy (non-hydrogen) atoms. The largest absolute Gasteiger partial charge is 0.573 e. The zero-order chi connectivity index (χ0) is 21.3. The highest BCUT2D eigenvalue weighted by Crippen LogP contribution is 2.34. The van der Waals surface area contributed by atoms with Crippen LogP contribution in [0.4, 0.5) is 13.2 Å². The van der Waals surface area contributed by atoms with Gasteiger partial charge < -0.3 is 19.5 Å². The van der Waals surface area contributed by atoms with Crippen molar-refractivity contribution >= 4 is 5.91 Å². The zero-order valence-corrected chi connectivity index (χ0v) is 16.2. The van der Waals surface area contributed by atoms with E-state index in [4.69, 9.17) is 4.74 Å². The number of benzene rings is 2. The number of aliphatic hydroxyl groups is 1. The van der Waals surface area contributed by atoms with Gasteiger partial charge in [0.2, 0.25) is 0 Å². The molecule has 1 aliphatic heterocycles. The molecule has 0 saturated heterocycles. The van der Waals surface area contributed by atoms with Crippen LogP contribution in [0.1, 0.15) is 47.2 Å². The number of amides is 1. The van der Waals surface area contributed by atoms with E-state index < -0.39 is 12.5 Å². The van der Waals surface area contributed by atoms with Crippen molar-refractivity contribution in [3.63, 3.8) is 0 Å². The van der Waals surface area contributed by atoms with Crippen LogP contribution in [0, 0.1) is 0 Å². The number of rotatable bonds is 5. The Bertz CT molecular complexity index is 914. The van der Waals surface area contributed by atoms with Crippen LogP contribution in [0.5, 0.6) is 11.5 Å². The van der Waals surface area contributed by atoms with Crippen LogP contribution in [0.2, 0.25) is 0 Å². The lowest BCUT2D eigenvalue weighted by Crippen LogP contribution is -2.35. The van der Waals surface area contributed by atoms with E-state index in [1.807, 2.05) is 12.1 Å². The highest BCUT2D eigenvalue weighted by Gasteiger charge is 2.33. The Labute approximate surface area is 172 Å². The molecule has 5 nitrogen and oxygen atoms in total. The summed E-state index contributed by atoms with van der Waals surface area (Å²) in [5.74, 6) is -0.0228. The summed E-state index contributed by atoms with van der Waals surface area (Å²) < 4.78 is 46.8. The Morgan fingerprint density at radius 3 is 2.50 bits per heavy atom. The number of carbonyl (C=O) groups is 1. The molecule has 2 aromatic carbocycles. The minimum atomic E-state index is -4.74. The van der Waals surface area contributed by atoms with Crippen LogP contribution in [0.25, 0.3) is 0 Å². The van der Waals surface area contributed by atoms with E-state index in [9.17, 15) is 23.1 Å². The van der Waals surface area contributed by atoms with Crippen LogP contribution >= 0.6 is 0 Å². The van der Waals surface area contributed by atoms with Crippen molar-refractivity contribution in [3.05, 3.63) is 59.2 Å². The van der Waals surface area contributed by atoms with Gasteiger partial charge in [0.15, 0.2) is 0 Å². The summed E-state index contributed by atoms with van der Waals surface area (Å²) in [6.07, 6.45) is -2.23. The lowest BCUT2D eigenvalue weighted by atomic mass is 9.94. The van der Waals surface area contributed by atoms with E-state index in [0.717, 1.165) is 24.8 Å². The molecule has 2 unspecified atom stereocenters. The second-order valence-corrected chi connectivity index (χ2v) is 7.65. The van der Waals surface area contributed by atoms with Crippen molar-refractivity contribution in [2.75, 3.05) is 0 Å². The van der Waals surface area contributed by atoms with Crippen LogP contribution in [0.15, 0.2) is 42.5 Å². The molecule has 1 aliphatic carbocycles. The Morgan fingerprint density at radius 1 is 1.07 bits per heavy atom. The van der Waals surface area contributed by atoms with Gasteiger partial charge in [-0.05, 0) is 48.6 Å². The third-order valence-electron chi connectivity index (χ3n) is 5.45. The maximum Gasteiger partial charge on any atom is 0.573 e. The number of aliphatic hydroxyl groups excluding tert-OH is 1. The van der Waals surface area contributed by atoms with Crippen molar-refractivity contribution in [1.29, 1.82) is 0 Å². The van der Waals surface area contributed by atoms with Gasteiger partial charge in [0.1, 0.15) is 17.6 Å². The molecule has 1 heterocycles. The van der Waals surface area contributed by atoms with E-state index in [0.29, 0.717) is 29.8 Å². The fourth-order valence-electron chi connectivity index (χ4n) is 4.01.